The van der Waals surface area contributed by atoms with E-state index in [1.165, 1.54) is 17.5 Å². The van der Waals surface area contributed by atoms with Gasteiger partial charge in [0.2, 0.25) is 5.91 Å². The number of thiazole rings is 1. The molecule has 0 unspecified atom stereocenters. The summed E-state index contributed by atoms with van der Waals surface area (Å²) in [6.07, 6.45) is -2.71. The fourth-order valence-electron chi connectivity index (χ4n) is 1.41. The van der Waals surface area contributed by atoms with E-state index in [0.717, 1.165) is 4.90 Å². The fraction of sp³-hybridized carbons (Fsp3) is 0.600. The molecule has 0 radical (unpaired) electrons. The Kier molecular flexibility index (Phi) is 6.19. The molecular weight excluding hydrogens is 283 g/mol. The molecule has 1 heterocycles. The maximum absolute atomic E-state index is 12.3. The van der Waals surface area contributed by atoms with E-state index in [1.807, 2.05) is 0 Å². The lowest BCUT2D eigenvalue weighted by Crippen LogP contribution is -2.40. The molecule has 5 nitrogen and oxygen atoms in total. The van der Waals surface area contributed by atoms with E-state index in [9.17, 15) is 18.0 Å². The van der Waals surface area contributed by atoms with Crippen molar-refractivity contribution in [3.63, 3.8) is 0 Å². The quantitative estimate of drug-likeness (QED) is 0.797. The van der Waals surface area contributed by atoms with Crippen molar-refractivity contribution in [3.05, 3.63) is 11.6 Å². The minimum absolute atomic E-state index is 0.00129. The van der Waals surface area contributed by atoms with Gasteiger partial charge in [0.25, 0.3) is 0 Å². The summed E-state index contributed by atoms with van der Waals surface area (Å²) < 4.78 is 36.9. The van der Waals surface area contributed by atoms with Gasteiger partial charge in [-0.3, -0.25) is 9.69 Å². The predicted octanol–water partition coefficient (Wildman–Crippen LogP) is 1.33. The number of halogens is 3. The van der Waals surface area contributed by atoms with Crippen molar-refractivity contribution in [1.29, 1.82) is 0 Å². The molecule has 0 aliphatic rings. The lowest BCUT2D eigenvalue weighted by Gasteiger charge is -2.22. The highest BCUT2D eigenvalue weighted by Gasteiger charge is 2.31. The van der Waals surface area contributed by atoms with Crippen LogP contribution in [0.25, 0.3) is 0 Å². The van der Waals surface area contributed by atoms with Gasteiger partial charge < -0.3 is 10.4 Å². The van der Waals surface area contributed by atoms with E-state index in [2.05, 4.69) is 10.3 Å². The van der Waals surface area contributed by atoms with E-state index in [4.69, 9.17) is 5.11 Å². The lowest BCUT2D eigenvalue weighted by atomic mass is 10.3. The molecule has 0 saturated carbocycles. The number of nitrogens with zero attached hydrogens (tertiary/aromatic N) is 2. The SMILES string of the molecule is O=C(CN(CCCO)CC(F)(F)F)Nc1nccs1. The Morgan fingerprint density at radius 1 is 1.53 bits per heavy atom. The van der Waals surface area contributed by atoms with Crippen molar-refractivity contribution in [1.82, 2.24) is 9.88 Å². The Bertz CT molecular complexity index is 384. The Labute approximate surface area is 112 Å². The molecule has 1 aromatic rings. The van der Waals surface area contributed by atoms with E-state index in [0.29, 0.717) is 5.13 Å². The second-order valence-electron chi connectivity index (χ2n) is 3.79. The molecule has 0 aliphatic heterocycles. The number of rotatable bonds is 7. The Morgan fingerprint density at radius 3 is 2.79 bits per heavy atom. The second-order valence-corrected chi connectivity index (χ2v) is 4.68. The lowest BCUT2D eigenvalue weighted by molar-refractivity contribution is -0.148. The van der Waals surface area contributed by atoms with Crippen molar-refractivity contribution in [2.24, 2.45) is 0 Å². The number of nitrogens with one attached hydrogen (secondary N) is 1. The maximum Gasteiger partial charge on any atom is 0.401 e. The first kappa shape index (κ1) is 15.9. The van der Waals surface area contributed by atoms with Gasteiger partial charge in [0.05, 0.1) is 13.1 Å². The molecular formula is C10H14F3N3O2S. The summed E-state index contributed by atoms with van der Waals surface area (Å²) in [5, 5.41) is 13.0. The number of alkyl halides is 3. The summed E-state index contributed by atoms with van der Waals surface area (Å²) in [5.74, 6) is -0.558. The zero-order valence-corrected chi connectivity index (χ0v) is 10.8. The van der Waals surface area contributed by atoms with E-state index < -0.39 is 18.6 Å². The van der Waals surface area contributed by atoms with Crippen LogP contribution in [-0.2, 0) is 4.79 Å². The highest BCUT2D eigenvalue weighted by Crippen LogP contribution is 2.17. The van der Waals surface area contributed by atoms with Crippen LogP contribution in [-0.4, -0.2) is 53.3 Å². The van der Waals surface area contributed by atoms with Gasteiger partial charge in [0.1, 0.15) is 0 Å². The van der Waals surface area contributed by atoms with Crippen molar-refractivity contribution in [3.8, 4) is 0 Å². The number of hydrogen-bond donors (Lipinski definition) is 2. The van der Waals surface area contributed by atoms with Crippen LogP contribution in [0.1, 0.15) is 6.42 Å². The van der Waals surface area contributed by atoms with Gasteiger partial charge in [-0.15, -0.1) is 11.3 Å². The number of aliphatic hydroxyl groups is 1. The van der Waals surface area contributed by atoms with Crippen molar-refractivity contribution in [2.45, 2.75) is 12.6 Å². The summed E-state index contributed by atoms with van der Waals surface area (Å²) in [6, 6.07) is 0. The third-order valence-corrected chi connectivity index (χ3v) is 2.77. The normalized spacial score (nSPS) is 11.8. The van der Waals surface area contributed by atoms with Crippen LogP contribution in [0.4, 0.5) is 18.3 Å². The van der Waals surface area contributed by atoms with Gasteiger partial charge in [-0.05, 0) is 6.42 Å². The monoisotopic (exact) mass is 297 g/mol. The van der Waals surface area contributed by atoms with Gasteiger partial charge in [-0.25, -0.2) is 4.98 Å². The van der Waals surface area contributed by atoms with Gasteiger partial charge in [-0.1, -0.05) is 0 Å². The van der Waals surface area contributed by atoms with E-state index in [-0.39, 0.29) is 26.1 Å². The standard InChI is InChI=1S/C10H14F3N3O2S/c11-10(12,13)7-16(3-1-4-17)6-8(18)15-9-14-2-5-19-9/h2,5,17H,1,3-4,6-7H2,(H,14,15,18). The molecule has 0 atom stereocenters. The van der Waals surface area contributed by atoms with E-state index in [1.54, 1.807) is 5.38 Å². The number of aliphatic hydroxyl groups excluding tert-OH is 1. The van der Waals surface area contributed by atoms with Gasteiger partial charge >= 0.3 is 6.18 Å². The maximum atomic E-state index is 12.3. The number of aromatic nitrogens is 1. The highest BCUT2D eigenvalue weighted by atomic mass is 32.1. The summed E-state index contributed by atoms with van der Waals surface area (Å²) in [5.41, 5.74) is 0. The van der Waals surface area contributed by atoms with Crippen LogP contribution >= 0.6 is 11.3 Å². The smallest absolute Gasteiger partial charge is 0.396 e. The first-order chi connectivity index (χ1) is 8.90. The molecule has 0 fully saturated rings. The average molecular weight is 297 g/mol. The molecule has 0 bridgehead atoms. The molecule has 2 N–H and O–H groups in total. The number of hydrogen-bond acceptors (Lipinski definition) is 5. The number of amides is 1. The van der Waals surface area contributed by atoms with Gasteiger partial charge in [0.15, 0.2) is 5.13 Å². The zero-order chi connectivity index (χ0) is 14.3. The summed E-state index contributed by atoms with van der Waals surface area (Å²) in [6.45, 7) is -1.79. The Balaban J connectivity index is 2.48. The number of carbonyl (C=O) groups is 1. The van der Waals surface area contributed by atoms with Crippen LogP contribution in [0.3, 0.4) is 0 Å². The number of anilines is 1. The summed E-state index contributed by atoms with van der Waals surface area (Å²) in [4.78, 5) is 16.3. The first-order valence-electron chi connectivity index (χ1n) is 5.50. The Hall–Kier alpha value is -1.19. The first-order valence-corrected chi connectivity index (χ1v) is 6.38. The molecule has 1 rings (SSSR count). The molecule has 9 heteroatoms. The molecule has 108 valence electrons. The molecule has 1 amide bonds. The van der Waals surface area contributed by atoms with Gasteiger partial charge in [-0.2, -0.15) is 13.2 Å². The molecule has 0 aromatic carbocycles. The van der Waals surface area contributed by atoms with E-state index >= 15 is 0 Å². The third-order valence-electron chi connectivity index (χ3n) is 2.08. The number of carbonyl (C=O) groups excluding carboxylic acids is 1. The van der Waals surface area contributed by atoms with Gasteiger partial charge in [0, 0.05) is 24.7 Å². The van der Waals surface area contributed by atoms with Crippen LogP contribution < -0.4 is 5.32 Å². The molecule has 19 heavy (non-hydrogen) atoms. The van der Waals surface area contributed by atoms with Crippen molar-refractivity contribution >= 4 is 22.4 Å². The fourth-order valence-corrected chi connectivity index (χ4v) is 1.95. The third kappa shape index (κ3) is 7.09. The molecule has 0 aliphatic carbocycles. The summed E-state index contributed by atoms with van der Waals surface area (Å²) >= 11 is 1.19. The molecule has 1 aromatic heterocycles. The predicted molar refractivity (Wildman–Crippen MR) is 64.9 cm³/mol. The Morgan fingerprint density at radius 2 is 2.26 bits per heavy atom. The minimum Gasteiger partial charge on any atom is -0.396 e. The average Bonchev–Trinajstić information content (AvgIpc) is 2.76. The van der Waals surface area contributed by atoms with Crippen LogP contribution in [0.5, 0.6) is 0 Å². The molecule has 0 saturated heterocycles. The van der Waals surface area contributed by atoms with Crippen LogP contribution in [0, 0.1) is 0 Å². The summed E-state index contributed by atoms with van der Waals surface area (Å²) in [7, 11) is 0. The topological polar surface area (TPSA) is 65.5 Å². The molecule has 0 spiro atoms. The highest BCUT2D eigenvalue weighted by molar-refractivity contribution is 7.13. The van der Waals surface area contributed by atoms with Crippen LogP contribution in [0.15, 0.2) is 11.6 Å². The van der Waals surface area contributed by atoms with Crippen molar-refractivity contribution < 1.29 is 23.1 Å². The zero-order valence-electron chi connectivity index (χ0n) is 9.98. The second kappa shape index (κ2) is 7.41. The largest absolute Gasteiger partial charge is 0.401 e. The minimum atomic E-state index is -4.38. The van der Waals surface area contributed by atoms with Crippen molar-refractivity contribution in [2.75, 3.05) is 31.6 Å². The van der Waals surface area contributed by atoms with Crippen LogP contribution in [0.2, 0.25) is 0 Å².